The van der Waals surface area contributed by atoms with E-state index < -0.39 is 0 Å². The highest BCUT2D eigenvalue weighted by molar-refractivity contribution is 6.04. The van der Waals surface area contributed by atoms with Crippen LogP contribution in [0.1, 0.15) is 47.7 Å². The first kappa shape index (κ1) is 22.5. The van der Waals surface area contributed by atoms with Gasteiger partial charge in [-0.3, -0.25) is 9.69 Å². The Morgan fingerprint density at radius 2 is 1.61 bits per heavy atom. The molecule has 6 heteroatoms. The van der Waals surface area contributed by atoms with Gasteiger partial charge in [0, 0.05) is 36.6 Å². The molecule has 4 rings (SSSR count). The molecule has 0 unspecified atom stereocenters. The second kappa shape index (κ2) is 9.86. The number of hydrogen-bond acceptors (Lipinski definition) is 2. The molecule has 3 aromatic carbocycles. The third-order valence-electron chi connectivity index (χ3n) is 5.87. The molecule has 3 aromatic rings. The number of nitrogens with one attached hydrogen (secondary N) is 1. The summed E-state index contributed by atoms with van der Waals surface area (Å²) >= 11 is 0. The van der Waals surface area contributed by atoms with Gasteiger partial charge < -0.3 is 10.2 Å². The number of urea groups is 1. The topological polar surface area (TPSA) is 52.6 Å². The van der Waals surface area contributed by atoms with Crippen molar-refractivity contribution in [1.29, 1.82) is 0 Å². The smallest absolute Gasteiger partial charge is 0.322 e. The molecule has 1 N–H and O–H groups in total. The summed E-state index contributed by atoms with van der Waals surface area (Å²) in [6, 6.07) is 21.0. The molecule has 1 heterocycles. The summed E-state index contributed by atoms with van der Waals surface area (Å²) < 4.78 is 13.1. The number of anilines is 2. The molecule has 3 amide bonds. The van der Waals surface area contributed by atoms with Crippen LogP contribution in [-0.4, -0.2) is 29.9 Å². The van der Waals surface area contributed by atoms with Crippen LogP contribution in [0, 0.1) is 5.82 Å². The van der Waals surface area contributed by atoms with Gasteiger partial charge in [-0.15, -0.1) is 0 Å². The zero-order chi connectivity index (χ0) is 23.4. The molecule has 0 aliphatic carbocycles. The number of halogens is 1. The maximum Gasteiger partial charge on any atom is 0.324 e. The third kappa shape index (κ3) is 5.40. The van der Waals surface area contributed by atoms with Crippen LogP contribution >= 0.6 is 0 Å². The first-order chi connectivity index (χ1) is 15.9. The van der Waals surface area contributed by atoms with Crippen LogP contribution in [0.25, 0.3) is 0 Å². The van der Waals surface area contributed by atoms with Gasteiger partial charge in [0.2, 0.25) is 0 Å². The van der Waals surface area contributed by atoms with Gasteiger partial charge in [-0.25, -0.2) is 9.18 Å². The Labute approximate surface area is 193 Å². The summed E-state index contributed by atoms with van der Waals surface area (Å²) in [5.74, 6) is -0.218. The fourth-order valence-electron chi connectivity index (χ4n) is 3.93. The summed E-state index contributed by atoms with van der Waals surface area (Å²) in [6.07, 6.45) is 0.888. The summed E-state index contributed by atoms with van der Waals surface area (Å²) in [4.78, 5) is 29.1. The minimum atomic E-state index is -0.385. The van der Waals surface area contributed by atoms with Crippen molar-refractivity contribution < 1.29 is 14.0 Å². The van der Waals surface area contributed by atoms with Gasteiger partial charge in [-0.2, -0.15) is 0 Å². The molecule has 0 spiro atoms. The first-order valence-corrected chi connectivity index (χ1v) is 11.2. The second-order valence-corrected chi connectivity index (χ2v) is 8.61. The van der Waals surface area contributed by atoms with Crippen molar-refractivity contribution in [2.45, 2.75) is 32.7 Å². The van der Waals surface area contributed by atoms with Crippen LogP contribution in [0.2, 0.25) is 0 Å². The number of nitrogens with zero attached hydrogens (tertiary/aromatic N) is 2. The Kier molecular flexibility index (Phi) is 6.73. The van der Waals surface area contributed by atoms with Crippen LogP contribution < -0.4 is 10.2 Å². The Bertz CT molecular complexity index is 1110. The molecule has 0 aromatic heterocycles. The maximum absolute atomic E-state index is 13.1. The summed E-state index contributed by atoms with van der Waals surface area (Å²) in [5, 5.41) is 2.80. The molecule has 1 fully saturated rings. The lowest BCUT2D eigenvalue weighted by Crippen LogP contribution is -2.49. The van der Waals surface area contributed by atoms with E-state index in [0.29, 0.717) is 30.3 Å². The van der Waals surface area contributed by atoms with E-state index in [4.69, 9.17) is 0 Å². The second-order valence-electron chi connectivity index (χ2n) is 8.61. The molecule has 0 atom stereocenters. The summed E-state index contributed by atoms with van der Waals surface area (Å²) in [5.41, 5.74) is 4.19. The van der Waals surface area contributed by atoms with E-state index in [1.807, 2.05) is 17.0 Å². The van der Waals surface area contributed by atoms with E-state index >= 15 is 0 Å². The molecule has 0 bridgehead atoms. The van der Waals surface area contributed by atoms with Crippen molar-refractivity contribution in [1.82, 2.24) is 4.90 Å². The summed E-state index contributed by atoms with van der Waals surface area (Å²) in [7, 11) is 0. The lowest BCUT2D eigenvalue weighted by molar-refractivity contribution is 0.102. The van der Waals surface area contributed by atoms with Crippen molar-refractivity contribution in [3.8, 4) is 0 Å². The molecule has 1 aliphatic heterocycles. The lowest BCUT2D eigenvalue weighted by atomic mass is 10.0. The van der Waals surface area contributed by atoms with Crippen molar-refractivity contribution >= 4 is 23.3 Å². The molecular weight excluding hydrogens is 417 g/mol. The maximum atomic E-state index is 13.1. The lowest BCUT2D eigenvalue weighted by Gasteiger charge is -2.35. The van der Waals surface area contributed by atoms with Gasteiger partial charge in [-0.1, -0.05) is 38.1 Å². The van der Waals surface area contributed by atoms with E-state index in [2.05, 4.69) is 43.4 Å². The van der Waals surface area contributed by atoms with E-state index in [1.54, 1.807) is 17.0 Å². The Morgan fingerprint density at radius 3 is 2.24 bits per heavy atom. The average molecular weight is 446 g/mol. The first-order valence-electron chi connectivity index (χ1n) is 11.2. The van der Waals surface area contributed by atoms with Crippen LogP contribution in [-0.2, 0) is 6.54 Å². The van der Waals surface area contributed by atoms with Crippen molar-refractivity contribution in [2.75, 3.05) is 23.3 Å². The number of amides is 3. The van der Waals surface area contributed by atoms with Crippen molar-refractivity contribution in [2.24, 2.45) is 0 Å². The van der Waals surface area contributed by atoms with Crippen LogP contribution in [0.3, 0.4) is 0 Å². The van der Waals surface area contributed by atoms with Crippen LogP contribution in [0.5, 0.6) is 0 Å². The Balaban J connectivity index is 1.40. The molecular formula is C27H28FN3O2. The summed E-state index contributed by atoms with van der Waals surface area (Å²) in [6.45, 7) is 6.30. The predicted octanol–water partition coefficient (Wildman–Crippen LogP) is 6.03. The Morgan fingerprint density at radius 1 is 0.939 bits per heavy atom. The molecule has 0 radical (unpaired) electrons. The van der Waals surface area contributed by atoms with Crippen molar-refractivity contribution in [3.05, 3.63) is 95.3 Å². The van der Waals surface area contributed by atoms with E-state index in [0.717, 1.165) is 24.2 Å². The number of carbonyl (C=O) groups is 2. The third-order valence-corrected chi connectivity index (χ3v) is 5.87. The SMILES string of the molecule is CC(C)c1ccc(CN2CCCN(c3ccc(NC(=O)c4ccc(F)cc4)cc3)C2=O)cc1. The highest BCUT2D eigenvalue weighted by atomic mass is 19.1. The molecule has 5 nitrogen and oxygen atoms in total. The number of rotatable bonds is 6. The average Bonchev–Trinajstić information content (AvgIpc) is 2.82. The molecule has 1 saturated heterocycles. The number of hydrogen-bond donors (Lipinski definition) is 1. The molecule has 170 valence electrons. The van der Waals surface area contributed by atoms with Gasteiger partial charge in [-0.05, 0) is 72.0 Å². The standard InChI is InChI=1S/C27H28FN3O2/c1-19(2)21-6-4-20(5-7-21)18-30-16-3-17-31(27(30)33)25-14-12-24(13-15-25)29-26(32)22-8-10-23(28)11-9-22/h4-15,19H,3,16-18H2,1-2H3,(H,29,32). The quantitative estimate of drug-likeness (QED) is 0.503. The van der Waals surface area contributed by atoms with Crippen LogP contribution in [0.4, 0.5) is 20.6 Å². The molecule has 33 heavy (non-hydrogen) atoms. The minimum absolute atomic E-state index is 0.0164. The van der Waals surface area contributed by atoms with Gasteiger partial charge >= 0.3 is 6.03 Å². The van der Waals surface area contributed by atoms with E-state index in [-0.39, 0.29) is 17.8 Å². The zero-order valence-electron chi connectivity index (χ0n) is 18.9. The Hall–Kier alpha value is -3.67. The molecule has 0 saturated carbocycles. The van der Waals surface area contributed by atoms with Crippen LogP contribution in [0.15, 0.2) is 72.8 Å². The van der Waals surface area contributed by atoms with Gasteiger partial charge in [0.05, 0.1) is 0 Å². The fraction of sp³-hybridized carbons (Fsp3) is 0.259. The molecule has 1 aliphatic rings. The van der Waals surface area contributed by atoms with E-state index in [9.17, 15) is 14.0 Å². The predicted molar refractivity (Wildman–Crippen MR) is 129 cm³/mol. The van der Waals surface area contributed by atoms with Gasteiger partial charge in [0.25, 0.3) is 5.91 Å². The highest BCUT2D eigenvalue weighted by Gasteiger charge is 2.26. The normalized spacial score (nSPS) is 14.0. The zero-order valence-corrected chi connectivity index (χ0v) is 18.9. The number of carbonyl (C=O) groups excluding carboxylic acids is 2. The minimum Gasteiger partial charge on any atom is -0.322 e. The van der Waals surface area contributed by atoms with Gasteiger partial charge in [0.15, 0.2) is 0 Å². The van der Waals surface area contributed by atoms with E-state index in [1.165, 1.54) is 29.8 Å². The largest absolute Gasteiger partial charge is 0.324 e. The fourth-order valence-corrected chi connectivity index (χ4v) is 3.93. The highest BCUT2D eigenvalue weighted by Crippen LogP contribution is 2.24. The monoisotopic (exact) mass is 445 g/mol. The van der Waals surface area contributed by atoms with Gasteiger partial charge in [0.1, 0.15) is 5.82 Å². The number of benzene rings is 3. The van der Waals surface area contributed by atoms with Crippen molar-refractivity contribution in [3.63, 3.8) is 0 Å².